The second-order valence-corrected chi connectivity index (χ2v) is 5.39. The molecule has 1 atom stereocenters. The third-order valence-electron chi connectivity index (χ3n) is 3.79. The maximum atomic E-state index is 12.8. The highest BCUT2D eigenvalue weighted by Gasteiger charge is 2.40. The number of carbonyl (C=O) groups excluding carboxylic acids is 1. The zero-order valence-corrected chi connectivity index (χ0v) is 11.0. The lowest BCUT2D eigenvalue weighted by atomic mass is 9.66. The summed E-state index contributed by atoms with van der Waals surface area (Å²) in [5, 5.41) is 0. The molecule has 0 fully saturated rings. The second kappa shape index (κ2) is 4.93. The van der Waals surface area contributed by atoms with E-state index in [0.29, 0.717) is 0 Å². The van der Waals surface area contributed by atoms with Gasteiger partial charge in [0.25, 0.3) is 0 Å². The first-order valence-corrected chi connectivity index (χ1v) is 6.47. The molecule has 1 nitrogen and oxygen atoms in total. The van der Waals surface area contributed by atoms with E-state index < -0.39 is 0 Å². The van der Waals surface area contributed by atoms with Crippen LogP contribution in [0.25, 0.3) is 0 Å². The van der Waals surface area contributed by atoms with Gasteiger partial charge in [-0.1, -0.05) is 35.9 Å². The van der Waals surface area contributed by atoms with E-state index >= 15 is 0 Å². The molecule has 1 aromatic carbocycles. The number of aryl methyl sites for hydroxylation is 1. The summed E-state index contributed by atoms with van der Waals surface area (Å²) in [5.74, 6) is 0.271. The van der Waals surface area contributed by atoms with Crippen LogP contribution in [0.2, 0.25) is 0 Å². The minimum absolute atomic E-state index is 0.271. The molecule has 0 saturated heterocycles. The largest absolute Gasteiger partial charge is 0.294 e. The number of ketones is 1. The number of Topliss-reactive ketones (excluding diaryl/α,β-unsaturated/α-hetero) is 1. The standard InChI is InChI=1S/C17H20O/c1-4-10-17(12-13(2)3)11-9-14-7-5-6-8-15(14)16(17)18/h4-8H,1-2,9-12H2,3H3/t17-/m1/s1. The van der Waals surface area contributed by atoms with Crippen LogP contribution < -0.4 is 0 Å². The van der Waals surface area contributed by atoms with Crippen molar-refractivity contribution in [1.29, 1.82) is 0 Å². The van der Waals surface area contributed by atoms with Crippen LogP contribution in [-0.2, 0) is 6.42 Å². The first kappa shape index (κ1) is 12.8. The summed E-state index contributed by atoms with van der Waals surface area (Å²) in [7, 11) is 0. The normalized spacial score (nSPS) is 22.4. The number of hydrogen-bond acceptors (Lipinski definition) is 1. The molecule has 0 saturated carbocycles. The molecule has 0 aromatic heterocycles. The summed E-state index contributed by atoms with van der Waals surface area (Å²) in [5.41, 5.74) is 2.85. The number of carbonyl (C=O) groups is 1. The monoisotopic (exact) mass is 240 g/mol. The van der Waals surface area contributed by atoms with Crippen LogP contribution in [0.15, 0.2) is 49.1 Å². The smallest absolute Gasteiger partial charge is 0.169 e. The summed E-state index contributed by atoms with van der Waals surface area (Å²) in [6, 6.07) is 7.96. The summed E-state index contributed by atoms with van der Waals surface area (Å²) in [6.07, 6.45) is 5.26. The predicted molar refractivity (Wildman–Crippen MR) is 75.8 cm³/mol. The molecule has 18 heavy (non-hydrogen) atoms. The number of benzene rings is 1. The molecule has 0 unspecified atom stereocenters. The van der Waals surface area contributed by atoms with Gasteiger partial charge in [-0.2, -0.15) is 0 Å². The molecule has 94 valence electrons. The summed E-state index contributed by atoms with van der Waals surface area (Å²) in [4.78, 5) is 12.8. The van der Waals surface area contributed by atoms with Gasteiger partial charge < -0.3 is 0 Å². The number of allylic oxidation sites excluding steroid dienone is 2. The van der Waals surface area contributed by atoms with Gasteiger partial charge >= 0.3 is 0 Å². The van der Waals surface area contributed by atoms with Gasteiger partial charge in [-0.05, 0) is 38.2 Å². The van der Waals surface area contributed by atoms with Gasteiger partial charge in [-0.3, -0.25) is 4.79 Å². The molecular weight excluding hydrogens is 220 g/mol. The fourth-order valence-corrected chi connectivity index (χ4v) is 3.02. The summed E-state index contributed by atoms with van der Waals surface area (Å²) in [6.45, 7) is 9.79. The Balaban J connectivity index is 2.42. The van der Waals surface area contributed by atoms with Gasteiger partial charge in [0.2, 0.25) is 0 Å². The fourth-order valence-electron chi connectivity index (χ4n) is 3.02. The van der Waals surface area contributed by atoms with Crippen LogP contribution in [0.5, 0.6) is 0 Å². The molecule has 0 amide bonds. The third kappa shape index (κ3) is 2.17. The Kier molecular flexibility index (Phi) is 3.51. The lowest BCUT2D eigenvalue weighted by molar-refractivity contribution is 0.0758. The van der Waals surface area contributed by atoms with Crippen molar-refractivity contribution in [3.8, 4) is 0 Å². The average Bonchev–Trinajstić information content (AvgIpc) is 2.34. The van der Waals surface area contributed by atoms with E-state index in [4.69, 9.17) is 0 Å². The van der Waals surface area contributed by atoms with Crippen LogP contribution in [0.3, 0.4) is 0 Å². The lowest BCUT2D eigenvalue weighted by Gasteiger charge is -2.36. The SMILES string of the molecule is C=CC[C@]1(CC(=C)C)CCc2ccccc2C1=O. The van der Waals surface area contributed by atoms with Crippen molar-refractivity contribution < 1.29 is 4.79 Å². The second-order valence-electron chi connectivity index (χ2n) is 5.39. The number of hydrogen-bond donors (Lipinski definition) is 0. The van der Waals surface area contributed by atoms with Crippen molar-refractivity contribution in [2.45, 2.75) is 32.6 Å². The molecule has 2 rings (SSSR count). The van der Waals surface area contributed by atoms with E-state index in [1.807, 2.05) is 31.2 Å². The Morgan fingerprint density at radius 2 is 2.17 bits per heavy atom. The first-order valence-electron chi connectivity index (χ1n) is 6.47. The maximum absolute atomic E-state index is 12.8. The Hall–Kier alpha value is -1.63. The van der Waals surface area contributed by atoms with Crippen molar-refractivity contribution in [2.75, 3.05) is 0 Å². The average molecular weight is 240 g/mol. The highest BCUT2D eigenvalue weighted by Crippen LogP contribution is 2.42. The minimum atomic E-state index is -0.304. The quantitative estimate of drug-likeness (QED) is 0.715. The van der Waals surface area contributed by atoms with Crippen LogP contribution in [0, 0.1) is 5.41 Å². The molecule has 0 spiro atoms. The molecule has 0 N–H and O–H groups in total. The topological polar surface area (TPSA) is 17.1 Å². The third-order valence-corrected chi connectivity index (χ3v) is 3.79. The molecule has 0 radical (unpaired) electrons. The zero-order chi connectivity index (χ0) is 13.2. The van der Waals surface area contributed by atoms with Gasteiger partial charge in [0, 0.05) is 11.0 Å². The van der Waals surface area contributed by atoms with Crippen molar-refractivity contribution in [1.82, 2.24) is 0 Å². The Morgan fingerprint density at radius 1 is 1.44 bits per heavy atom. The van der Waals surface area contributed by atoms with E-state index in [2.05, 4.69) is 19.2 Å². The molecule has 0 aliphatic heterocycles. The zero-order valence-electron chi connectivity index (χ0n) is 11.0. The number of fused-ring (bicyclic) bond motifs is 1. The maximum Gasteiger partial charge on any atom is 0.169 e. The van der Waals surface area contributed by atoms with Gasteiger partial charge in [0.15, 0.2) is 5.78 Å². The van der Waals surface area contributed by atoms with E-state index in [1.54, 1.807) is 0 Å². The highest BCUT2D eigenvalue weighted by atomic mass is 16.1. The van der Waals surface area contributed by atoms with Crippen LogP contribution >= 0.6 is 0 Å². The van der Waals surface area contributed by atoms with E-state index in [-0.39, 0.29) is 11.2 Å². The van der Waals surface area contributed by atoms with Crippen LogP contribution in [0.1, 0.15) is 42.1 Å². The number of rotatable bonds is 4. The van der Waals surface area contributed by atoms with Crippen molar-refractivity contribution in [3.63, 3.8) is 0 Å². The molecular formula is C17H20O. The molecule has 1 heteroatoms. The Labute approximate surface area is 109 Å². The molecule has 1 aromatic rings. The summed E-state index contributed by atoms with van der Waals surface area (Å²) >= 11 is 0. The summed E-state index contributed by atoms with van der Waals surface area (Å²) < 4.78 is 0. The predicted octanol–water partition coefficient (Wildman–Crippen LogP) is 4.34. The molecule has 0 bridgehead atoms. The molecule has 0 heterocycles. The fraction of sp³-hybridized carbons (Fsp3) is 0.353. The van der Waals surface area contributed by atoms with Gasteiger partial charge in [-0.25, -0.2) is 0 Å². The Morgan fingerprint density at radius 3 is 2.83 bits per heavy atom. The first-order chi connectivity index (χ1) is 8.59. The van der Waals surface area contributed by atoms with Crippen molar-refractivity contribution in [3.05, 3.63) is 60.2 Å². The van der Waals surface area contributed by atoms with E-state index in [9.17, 15) is 4.79 Å². The van der Waals surface area contributed by atoms with Gasteiger partial charge in [0.1, 0.15) is 0 Å². The van der Waals surface area contributed by atoms with E-state index in [0.717, 1.165) is 36.8 Å². The molecule has 1 aliphatic rings. The van der Waals surface area contributed by atoms with Crippen molar-refractivity contribution >= 4 is 5.78 Å². The lowest BCUT2D eigenvalue weighted by Crippen LogP contribution is -2.36. The molecule has 1 aliphatic carbocycles. The highest BCUT2D eigenvalue weighted by molar-refractivity contribution is 6.03. The van der Waals surface area contributed by atoms with Crippen LogP contribution in [0.4, 0.5) is 0 Å². The van der Waals surface area contributed by atoms with Crippen LogP contribution in [-0.4, -0.2) is 5.78 Å². The minimum Gasteiger partial charge on any atom is -0.294 e. The van der Waals surface area contributed by atoms with Gasteiger partial charge in [0.05, 0.1) is 0 Å². The van der Waals surface area contributed by atoms with Crippen molar-refractivity contribution in [2.24, 2.45) is 5.41 Å². The van der Waals surface area contributed by atoms with E-state index in [1.165, 1.54) is 5.56 Å². The van der Waals surface area contributed by atoms with Gasteiger partial charge in [-0.15, -0.1) is 13.2 Å². The Bertz CT molecular complexity index is 498.